The van der Waals surface area contributed by atoms with Crippen LogP contribution < -0.4 is 16.7 Å². The number of carbonyl (C=O) groups excluding carboxylic acids is 2. The molecule has 1 saturated carbocycles. The van der Waals surface area contributed by atoms with Crippen LogP contribution in [0.2, 0.25) is 0 Å². The van der Waals surface area contributed by atoms with E-state index in [0.717, 1.165) is 31.1 Å². The van der Waals surface area contributed by atoms with Crippen LogP contribution in [0.4, 0.5) is 0 Å². The Kier molecular flexibility index (Phi) is 9.00. The first-order chi connectivity index (χ1) is 15.1. The van der Waals surface area contributed by atoms with Gasteiger partial charge in [0, 0.05) is 6.26 Å². The largest absolute Gasteiger partial charge is 0.294 e. The van der Waals surface area contributed by atoms with Crippen LogP contribution in [0, 0.1) is 23.7 Å². The first kappa shape index (κ1) is 26.0. The van der Waals surface area contributed by atoms with Gasteiger partial charge >= 0.3 is 0 Å². The van der Waals surface area contributed by atoms with Gasteiger partial charge in [-0.3, -0.25) is 20.2 Å². The van der Waals surface area contributed by atoms with Gasteiger partial charge in [0.2, 0.25) is 11.8 Å². The molecule has 0 bridgehead atoms. The number of nitrogens with one attached hydrogen (secondary N) is 2. The van der Waals surface area contributed by atoms with Crippen molar-refractivity contribution >= 4 is 27.7 Å². The van der Waals surface area contributed by atoms with E-state index in [0.29, 0.717) is 0 Å². The zero-order valence-corrected chi connectivity index (χ0v) is 19.8. The van der Waals surface area contributed by atoms with E-state index in [4.69, 9.17) is 5.84 Å². The van der Waals surface area contributed by atoms with Gasteiger partial charge < -0.3 is 0 Å². The van der Waals surface area contributed by atoms with Crippen molar-refractivity contribution < 1.29 is 23.2 Å². The zero-order chi connectivity index (χ0) is 23.9. The second-order valence-corrected chi connectivity index (χ2v) is 11.5. The monoisotopic (exact) mass is 465 g/mol. The molecular formula is C23H35N3O5S. The fourth-order valence-electron chi connectivity index (χ4n) is 4.58. The molecule has 9 heteroatoms. The molecule has 0 heterocycles. The zero-order valence-electron chi connectivity index (χ0n) is 19.0. The average molecular weight is 466 g/mol. The minimum absolute atomic E-state index is 0.0228. The molecule has 178 valence electrons. The summed E-state index contributed by atoms with van der Waals surface area (Å²) in [6.45, 7) is 3.75. The normalized spacial score (nSPS) is 18.6. The summed E-state index contributed by atoms with van der Waals surface area (Å²) < 4.78 is 25.2. The van der Waals surface area contributed by atoms with E-state index in [-0.39, 0.29) is 24.7 Å². The summed E-state index contributed by atoms with van der Waals surface area (Å²) in [5, 5.41) is 9.58. The number of hydroxylamine groups is 1. The third kappa shape index (κ3) is 5.96. The van der Waals surface area contributed by atoms with Crippen molar-refractivity contribution in [3.8, 4) is 0 Å². The molecule has 1 fully saturated rings. The summed E-state index contributed by atoms with van der Waals surface area (Å²) >= 11 is 0. The fraction of sp³-hybridized carbons (Fsp3) is 0.565. The van der Waals surface area contributed by atoms with Gasteiger partial charge in [0.05, 0.1) is 11.8 Å². The molecule has 0 spiro atoms. The Bertz CT molecular complexity index is 913. The summed E-state index contributed by atoms with van der Waals surface area (Å²) in [5.41, 5.74) is 4.48. The van der Waals surface area contributed by atoms with Crippen LogP contribution in [-0.4, -0.2) is 36.4 Å². The van der Waals surface area contributed by atoms with Crippen molar-refractivity contribution in [3.05, 3.63) is 42.0 Å². The Morgan fingerprint density at radius 3 is 2.28 bits per heavy atom. The van der Waals surface area contributed by atoms with Crippen LogP contribution in [-0.2, 0) is 19.4 Å². The molecule has 8 nitrogen and oxygen atoms in total. The number of carbonyl (C=O) groups is 2. The van der Waals surface area contributed by atoms with E-state index in [1.807, 2.05) is 44.2 Å². The van der Waals surface area contributed by atoms with E-state index in [1.165, 1.54) is 6.08 Å². The van der Waals surface area contributed by atoms with Gasteiger partial charge in [0.1, 0.15) is 4.75 Å². The summed E-state index contributed by atoms with van der Waals surface area (Å²) in [6.07, 6.45) is 7.39. The number of hydrogen-bond donors (Lipinski definition) is 4. The molecule has 1 aromatic rings. The maximum atomic E-state index is 13.4. The van der Waals surface area contributed by atoms with Crippen LogP contribution in [0.15, 0.2) is 36.4 Å². The van der Waals surface area contributed by atoms with Crippen molar-refractivity contribution in [1.29, 1.82) is 0 Å². The lowest BCUT2D eigenvalue weighted by Crippen LogP contribution is -2.57. The third-order valence-corrected chi connectivity index (χ3v) is 8.34. The molecule has 2 rings (SSSR count). The second kappa shape index (κ2) is 11.1. The van der Waals surface area contributed by atoms with E-state index >= 15 is 0 Å². The van der Waals surface area contributed by atoms with E-state index < -0.39 is 38.2 Å². The summed E-state index contributed by atoms with van der Waals surface area (Å²) in [6, 6.07) is 9.16. The maximum Gasteiger partial charge on any atom is 0.249 e. The molecule has 1 unspecified atom stereocenters. The molecule has 0 aromatic heterocycles. The number of hydrogen-bond acceptors (Lipinski definition) is 6. The minimum atomic E-state index is -3.92. The van der Waals surface area contributed by atoms with Crippen molar-refractivity contribution in [3.63, 3.8) is 0 Å². The van der Waals surface area contributed by atoms with E-state index in [1.54, 1.807) is 11.6 Å². The van der Waals surface area contributed by atoms with E-state index in [9.17, 15) is 23.2 Å². The lowest BCUT2D eigenvalue weighted by Gasteiger charge is -2.43. The van der Waals surface area contributed by atoms with Crippen LogP contribution in [0.3, 0.4) is 0 Å². The fourth-order valence-corrected chi connectivity index (χ4v) is 6.16. The van der Waals surface area contributed by atoms with Crippen LogP contribution in [0.1, 0.15) is 51.5 Å². The molecule has 1 aliphatic rings. The van der Waals surface area contributed by atoms with Gasteiger partial charge in [0.25, 0.3) is 0 Å². The Labute approximate surface area is 190 Å². The minimum Gasteiger partial charge on any atom is -0.294 e. The van der Waals surface area contributed by atoms with Gasteiger partial charge in [-0.15, -0.1) is 0 Å². The molecule has 1 aromatic carbocycles. The Morgan fingerprint density at radius 2 is 1.84 bits per heavy atom. The number of rotatable bonds is 11. The van der Waals surface area contributed by atoms with Crippen molar-refractivity contribution in [1.82, 2.24) is 10.9 Å². The molecule has 3 atom stereocenters. The number of benzene rings is 1. The predicted molar refractivity (Wildman–Crippen MR) is 124 cm³/mol. The molecule has 1 aliphatic carbocycles. The van der Waals surface area contributed by atoms with Gasteiger partial charge in [-0.25, -0.2) is 19.7 Å². The highest BCUT2D eigenvalue weighted by atomic mass is 32.2. The standard InChI is InChI=1S/C23H35N3O5S/c1-16(2)14-19(21(27)25-24)20(22(28)26-29)23(32(3,30)31,15-18-10-7-11-18)13-12-17-8-5-4-6-9-17/h4-6,8-9,12-13,16,18-20,29H,7,10-11,14-15,24H2,1-3H3,(H,25,27)(H,26,28)/b13-12+/t19-,20+,23?/m1/s1. The summed E-state index contributed by atoms with van der Waals surface area (Å²) in [7, 11) is -3.92. The van der Waals surface area contributed by atoms with Crippen molar-refractivity contribution in [2.24, 2.45) is 29.5 Å². The molecule has 2 amide bonds. The highest BCUT2D eigenvalue weighted by Gasteiger charge is 2.55. The second-order valence-electron chi connectivity index (χ2n) is 9.17. The third-order valence-electron chi connectivity index (χ3n) is 6.41. The Morgan fingerprint density at radius 1 is 1.22 bits per heavy atom. The molecule has 5 N–H and O–H groups in total. The van der Waals surface area contributed by atoms with Crippen LogP contribution in [0.5, 0.6) is 0 Å². The lowest BCUT2D eigenvalue weighted by atomic mass is 9.69. The topological polar surface area (TPSA) is 139 Å². The molecular weight excluding hydrogens is 430 g/mol. The molecule has 32 heavy (non-hydrogen) atoms. The lowest BCUT2D eigenvalue weighted by molar-refractivity contribution is -0.142. The number of hydrazine groups is 1. The molecule has 0 radical (unpaired) electrons. The number of nitrogens with two attached hydrogens (primary N) is 1. The highest BCUT2D eigenvalue weighted by molar-refractivity contribution is 7.92. The first-order valence-corrected chi connectivity index (χ1v) is 12.8. The molecule has 0 aliphatic heterocycles. The van der Waals surface area contributed by atoms with Crippen LogP contribution in [0.25, 0.3) is 6.08 Å². The van der Waals surface area contributed by atoms with Gasteiger partial charge in [-0.2, -0.15) is 0 Å². The highest BCUT2D eigenvalue weighted by Crippen LogP contribution is 2.45. The van der Waals surface area contributed by atoms with Gasteiger partial charge in [-0.05, 0) is 30.2 Å². The number of sulfone groups is 1. The smallest absolute Gasteiger partial charge is 0.249 e. The van der Waals surface area contributed by atoms with Crippen molar-refractivity contribution in [2.75, 3.05) is 6.26 Å². The van der Waals surface area contributed by atoms with Crippen LogP contribution >= 0.6 is 0 Å². The first-order valence-electron chi connectivity index (χ1n) is 10.9. The SMILES string of the molecule is CC(C)C[C@@H](C(=O)NN)[C@@H](C(=O)NO)C(/C=C/c1ccccc1)(CC1CCC1)S(C)(=O)=O. The summed E-state index contributed by atoms with van der Waals surface area (Å²) in [5.74, 6) is 1.52. The summed E-state index contributed by atoms with van der Waals surface area (Å²) in [4.78, 5) is 25.9. The average Bonchev–Trinajstić information content (AvgIpc) is 2.72. The van der Waals surface area contributed by atoms with Gasteiger partial charge in [0.15, 0.2) is 9.84 Å². The quantitative estimate of drug-likeness (QED) is 0.171. The molecule has 0 saturated heterocycles. The Balaban J connectivity index is 2.75. The van der Waals surface area contributed by atoms with Gasteiger partial charge in [-0.1, -0.05) is 75.6 Å². The predicted octanol–water partition coefficient (Wildman–Crippen LogP) is 2.45. The Hall–Kier alpha value is -2.23. The van der Waals surface area contributed by atoms with E-state index in [2.05, 4.69) is 5.43 Å². The maximum absolute atomic E-state index is 13.4. The number of amides is 2. The van der Waals surface area contributed by atoms with Crippen molar-refractivity contribution in [2.45, 2.75) is 50.7 Å².